The lowest BCUT2D eigenvalue weighted by Crippen LogP contribution is -2.51. The van der Waals surface area contributed by atoms with E-state index >= 15 is 0 Å². The maximum absolute atomic E-state index is 13.3. The Morgan fingerprint density at radius 3 is 2.47 bits per heavy atom. The zero-order valence-electron chi connectivity index (χ0n) is 27.0. The Bertz CT molecular complexity index is 1580. The Hall–Kier alpha value is -3.94. The van der Waals surface area contributed by atoms with E-state index in [0.29, 0.717) is 42.6 Å². The average molecular weight is 678 g/mol. The molecule has 3 atom stereocenters. The van der Waals surface area contributed by atoms with E-state index in [1.54, 1.807) is 11.8 Å². The van der Waals surface area contributed by atoms with Crippen molar-refractivity contribution in [1.29, 1.82) is 0 Å². The van der Waals surface area contributed by atoms with Gasteiger partial charge in [-0.1, -0.05) is 87.0 Å². The quantitative estimate of drug-likeness (QED) is 0.111. The number of carbonyl (C=O) groups is 3. The molecule has 4 aromatic rings. The molecule has 0 spiro atoms. The van der Waals surface area contributed by atoms with Crippen LogP contribution >= 0.6 is 23.5 Å². The third kappa shape index (κ3) is 11.1. The van der Waals surface area contributed by atoms with Gasteiger partial charge in [0, 0.05) is 30.4 Å². The summed E-state index contributed by atoms with van der Waals surface area (Å²) in [5, 5.41) is 31.7. The fourth-order valence-electron chi connectivity index (χ4n) is 5.27. The van der Waals surface area contributed by atoms with Gasteiger partial charge in [-0.05, 0) is 56.7 Å². The Morgan fingerprint density at radius 2 is 1.77 bits per heavy atom. The zero-order valence-corrected chi connectivity index (χ0v) is 28.7. The third-order valence-electron chi connectivity index (χ3n) is 8.09. The van der Waals surface area contributed by atoms with Crippen molar-refractivity contribution in [2.24, 2.45) is 5.92 Å². The Kier molecular flexibility index (Phi) is 14.1. The van der Waals surface area contributed by atoms with Gasteiger partial charge in [-0.2, -0.15) is 11.8 Å². The first-order valence-corrected chi connectivity index (χ1v) is 18.2. The topological polar surface area (TPSA) is 153 Å². The first-order valence-electron chi connectivity index (χ1n) is 15.7. The predicted octanol–water partition coefficient (Wildman–Crippen LogP) is 4.61. The number of carboxylic acid groups (broad SMARTS) is 1. The maximum atomic E-state index is 13.3. The van der Waals surface area contributed by atoms with Crippen LogP contribution < -0.4 is 10.6 Å². The van der Waals surface area contributed by atoms with Crippen LogP contribution in [0.4, 0.5) is 0 Å². The number of thioether (sulfide) groups is 2. The monoisotopic (exact) mass is 677 g/mol. The van der Waals surface area contributed by atoms with Gasteiger partial charge in [0.15, 0.2) is 5.82 Å². The molecule has 4 N–H and O–H groups in total. The molecule has 0 unspecified atom stereocenters. The minimum atomic E-state index is -1.04. The molecule has 250 valence electrons. The van der Waals surface area contributed by atoms with Crippen molar-refractivity contribution in [2.75, 3.05) is 30.9 Å². The lowest BCUT2D eigenvalue weighted by molar-refractivity contribution is -0.142. The van der Waals surface area contributed by atoms with Gasteiger partial charge in [-0.25, -0.2) is 9.89 Å². The highest BCUT2D eigenvalue weighted by atomic mass is 32.2. The second-order valence-electron chi connectivity index (χ2n) is 11.5. The molecule has 0 saturated carbocycles. The van der Waals surface area contributed by atoms with Crippen LogP contribution in [0.5, 0.6) is 0 Å². The molecule has 13 heteroatoms. The van der Waals surface area contributed by atoms with Crippen molar-refractivity contribution in [2.45, 2.75) is 51.1 Å². The van der Waals surface area contributed by atoms with Gasteiger partial charge in [0.25, 0.3) is 0 Å². The number of nitrogens with zero attached hydrogens (tertiary/aromatic N) is 4. The number of carboxylic acids is 1. The highest BCUT2D eigenvalue weighted by molar-refractivity contribution is 7.99. The van der Waals surface area contributed by atoms with Crippen LogP contribution in [0.15, 0.2) is 66.7 Å². The fourth-order valence-corrected chi connectivity index (χ4v) is 6.54. The first kappa shape index (κ1) is 35.9. The normalized spacial score (nSPS) is 13.3. The van der Waals surface area contributed by atoms with Crippen molar-refractivity contribution in [3.05, 3.63) is 77.9 Å². The average Bonchev–Trinajstić information content (AvgIpc) is 3.61. The standard InChI is InChI=1S/C34H43N7O4S2/c1-4-23(2)30(36-32(43)22-47-21-24-12-14-26(15-13-24)33-37-39-40-38-33)19-41(20-31(42)35-29(34(44)45)16-17-46-3)18-27-10-7-9-25-8-5-6-11-28(25)27/h5-15,23,29-30H,4,16-22H2,1-3H3,(H,35,42)(H,36,43)(H,44,45)(H,37,38,39,40)/t23-,29-,30+/m0/s1. The molecule has 47 heavy (non-hydrogen) atoms. The summed E-state index contributed by atoms with van der Waals surface area (Å²) in [6, 6.07) is 20.9. The van der Waals surface area contributed by atoms with E-state index in [0.717, 1.165) is 33.9 Å². The number of amides is 2. The number of nitrogens with one attached hydrogen (secondary N) is 3. The van der Waals surface area contributed by atoms with Crippen LogP contribution in [0.25, 0.3) is 22.2 Å². The largest absolute Gasteiger partial charge is 0.480 e. The number of benzene rings is 3. The van der Waals surface area contributed by atoms with E-state index in [2.05, 4.69) is 63.3 Å². The Balaban J connectivity index is 1.43. The number of rotatable bonds is 19. The molecule has 11 nitrogen and oxygen atoms in total. The maximum Gasteiger partial charge on any atom is 0.326 e. The molecular formula is C34H43N7O4S2. The van der Waals surface area contributed by atoms with E-state index in [-0.39, 0.29) is 30.3 Å². The van der Waals surface area contributed by atoms with Gasteiger partial charge in [-0.3, -0.25) is 14.5 Å². The van der Waals surface area contributed by atoms with Crippen LogP contribution in [-0.4, -0.2) is 91.3 Å². The van der Waals surface area contributed by atoms with Crippen molar-refractivity contribution in [1.82, 2.24) is 36.2 Å². The van der Waals surface area contributed by atoms with Crippen molar-refractivity contribution in [3.63, 3.8) is 0 Å². The van der Waals surface area contributed by atoms with E-state index < -0.39 is 12.0 Å². The number of aliphatic carboxylic acids is 1. The number of hydrogen-bond donors (Lipinski definition) is 4. The second kappa shape index (κ2) is 18.4. The molecule has 3 aromatic carbocycles. The summed E-state index contributed by atoms with van der Waals surface area (Å²) < 4.78 is 0. The predicted molar refractivity (Wildman–Crippen MR) is 189 cm³/mol. The van der Waals surface area contributed by atoms with Gasteiger partial charge in [0.2, 0.25) is 11.8 Å². The van der Waals surface area contributed by atoms with Gasteiger partial charge >= 0.3 is 5.97 Å². The smallest absolute Gasteiger partial charge is 0.326 e. The van der Waals surface area contributed by atoms with Crippen LogP contribution in [0.1, 0.15) is 37.8 Å². The zero-order chi connectivity index (χ0) is 33.6. The number of carbonyl (C=O) groups excluding carboxylic acids is 2. The number of H-pyrrole nitrogens is 1. The van der Waals surface area contributed by atoms with Gasteiger partial charge in [0.05, 0.1) is 12.3 Å². The van der Waals surface area contributed by atoms with E-state index in [1.807, 2.05) is 59.7 Å². The van der Waals surface area contributed by atoms with Crippen molar-refractivity contribution >= 4 is 52.1 Å². The van der Waals surface area contributed by atoms with Crippen molar-refractivity contribution < 1.29 is 19.5 Å². The number of hydrogen-bond acceptors (Lipinski definition) is 9. The second-order valence-corrected chi connectivity index (χ2v) is 13.5. The third-order valence-corrected chi connectivity index (χ3v) is 9.74. The first-order chi connectivity index (χ1) is 22.8. The molecule has 1 aromatic heterocycles. The summed E-state index contributed by atoms with van der Waals surface area (Å²) in [5.74, 6) is 0.876. The molecule has 0 aliphatic heterocycles. The highest BCUT2D eigenvalue weighted by Crippen LogP contribution is 2.22. The SMILES string of the molecule is CC[C@H](C)[C@@H](CN(CC(=O)N[C@@H](CCSC)C(=O)O)Cc1cccc2ccccc12)NC(=O)CSCc1ccc(-c2nnn[nH]2)cc1. The fraction of sp³-hybridized carbons (Fsp3) is 0.412. The molecule has 0 aliphatic rings. The lowest BCUT2D eigenvalue weighted by Gasteiger charge is -2.31. The summed E-state index contributed by atoms with van der Waals surface area (Å²) in [6.07, 6.45) is 3.10. The summed E-state index contributed by atoms with van der Waals surface area (Å²) in [7, 11) is 0. The minimum absolute atomic E-state index is 0.00392. The summed E-state index contributed by atoms with van der Waals surface area (Å²) in [4.78, 5) is 40.3. The lowest BCUT2D eigenvalue weighted by atomic mass is 9.97. The summed E-state index contributed by atoms with van der Waals surface area (Å²) >= 11 is 3.07. The molecule has 1 heterocycles. The Labute approximate surface area is 284 Å². The van der Waals surface area contributed by atoms with E-state index in [1.165, 1.54) is 11.8 Å². The number of aromatic amines is 1. The molecule has 0 radical (unpaired) electrons. The van der Waals surface area contributed by atoms with Crippen LogP contribution in [0.2, 0.25) is 0 Å². The summed E-state index contributed by atoms with van der Waals surface area (Å²) in [5.41, 5.74) is 3.03. The molecule has 0 bridgehead atoms. The molecule has 0 aliphatic carbocycles. The molecule has 0 saturated heterocycles. The van der Waals surface area contributed by atoms with E-state index in [4.69, 9.17) is 0 Å². The van der Waals surface area contributed by atoms with Crippen LogP contribution in [-0.2, 0) is 26.7 Å². The summed E-state index contributed by atoms with van der Waals surface area (Å²) in [6.45, 7) is 5.09. The number of aromatic nitrogens is 4. The minimum Gasteiger partial charge on any atom is -0.480 e. The highest BCUT2D eigenvalue weighted by Gasteiger charge is 2.25. The molecule has 2 amide bonds. The Morgan fingerprint density at radius 1 is 1.00 bits per heavy atom. The molecule has 0 fully saturated rings. The number of tetrazole rings is 1. The van der Waals surface area contributed by atoms with E-state index in [9.17, 15) is 19.5 Å². The molecule has 4 rings (SSSR count). The van der Waals surface area contributed by atoms with Gasteiger partial charge in [0.1, 0.15) is 6.04 Å². The van der Waals surface area contributed by atoms with Gasteiger partial charge in [-0.15, -0.1) is 16.9 Å². The number of fused-ring (bicyclic) bond motifs is 1. The van der Waals surface area contributed by atoms with Gasteiger partial charge < -0.3 is 15.7 Å². The molecular weight excluding hydrogens is 635 g/mol. The van der Waals surface area contributed by atoms with Crippen molar-refractivity contribution in [3.8, 4) is 11.4 Å². The van der Waals surface area contributed by atoms with Crippen LogP contribution in [0, 0.1) is 5.92 Å². The van der Waals surface area contributed by atoms with Crippen LogP contribution in [0.3, 0.4) is 0 Å².